The molecule has 8 nitrogen and oxygen atoms in total. The Balaban J connectivity index is 2.67. The smallest absolute Gasteiger partial charge is 0.307 e. The van der Waals surface area contributed by atoms with Gasteiger partial charge in [0.15, 0.2) is 5.03 Å². The summed E-state index contributed by atoms with van der Waals surface area (Å²) in [6.07, 6.45) is -1.24. The molecule has 0 aromatic heterocycles. The van der Waals surface area contributed by atoms with Crippen LogP contribution in [-0.2, 0) is 0 Å². The van der Waals surface area contributed by atoms with Crippen molar-refractivity contribution in [1.82, 2.24) is 10.3 Å². The van der Waals surface area contributed by atoms with E-state index in [9.17, 15) is 20.2 Å². The number of hydrazine groups is 1. The molecular formula is C4H8N4O4. The topological polar surface area (TPSA) is 102 Å². The maximum absolute atomic E-state index is 10.3. The first-order valence-electron chi connectivity index (χ1n) is 3.38. The fraction of sp³-hybridized carbons (Fsp3) is 1.00. The van der Waals surface area contributed by atoms with Crippen LogP contribution in [0.3, 0.4) is 0 Å². The Hall–Kier alpha value is -1.44. The van der Waals surface area contributed by atoms with Crippen molar-refractivity contribution in [2.75, 3.05) is 19.6 Å². The van der Waals surface area contributed by atoms with Gasteiger partial charge in [-0.3, -0.25) is 10.1 Å². The van der Waals surface area contributed by atoms with Crippen molar-refractivity contribution in [2.24, 2.45) is 0 Å². The van der Waals surface area contributed by atoms with Gasteiger partial charge in [0.2, 0.25) is 0 Å². The summed E-state index contributed by atoms with van der Waals surface area (Å²) >= 11 is 0. The average Bonchev–Trinajstić information content (AvgIpc) is 2.04. The molecule has 8 heteroatoms. The molecular weight excluding hydrogens is 168 g/mol. The molecule has 1 unspecified atom stereocenters. The molecule has 0 aliphatic carbocycles. The van der Waals surface area contributed by atoms with E-state index in [0.29, 0.717) is 11.6 Å². The number of hydrogen-bond acceptors (Lipinski definition) is 5. The Morgan fingerprint density at radius 1 is 1.42 bits per heavy atom. The first-order chi connectivity index (χ1) is 5.63. The molecule has 12 heavy (non-hydrogen) atoms. The predicted molar refractivity (Wildman–Crippen MR) is 37.4 cm³/mol. The lowest BCUT2D eigenvalue weighted by atomic mass is 10.3. The van der Waals surface area contributed by atoms with Gasteiger partial charge in [-0.25, -0.2) is 10.1 Å². The van der Waals surface area contributed by atoms with Crippen molar-refractivity contribution < 1.29 is 9.96 Å². The first kappa shape index (κ1) is 8.65. The highest BCUT2D eigenvalue weighted by molar-refractivity contribution is 4.65. The van der Waals surface area contributed by atoms with Gasteiger partial charge < -0.3 is 5.32 Å². The van der Waals surface area contributed by atoms with E-state index in [1.165, 1.54) is 0 Å². The quantitative estimate of drug-likeness (QED) is 0.414. The molecule has 1 rings (SSSR count). The highest BCUT2D eigenvalue weighted by Crippen LogP contribution is 2.02. The van der Waals surface area contributed by atoms with Gasteiger partial charge in [-0.1, -0.05) is 5.01 Å². The van der Waals surface area contributed by atoms with Crippen LogP contribution >= 0.6 is 0 Å². The van der Waals surface area contributed by atoms with Crippen molar-refractivity contribution in [2.45, 2.75) is 6.17 Å². The number of rotatable bonds is 2. The SMILES string of the molecule is O=[N+]([O-])C1CNCCN1[N+](=O)[O-]. The number of hydrogen-bond donors (Lipinski definition) is 1. The summed E-state index contributed by atoms with van der Waals surface area (Å²) in [5.74, 6) is 0. The Labute approximate surface area is 67.4 Å². The third-order valence-corrected chi connectivity index (χ3v) is 1.64. The van der Waals surface area contributed by atoms with Crippen LogP contribution in [0.15, 0.2) is 0 Å². The molecule has 1 heterocycles. The largest absolute Gasteiger partial charge is 0.348 e. The molecule has 1 aliphatic rings. The molecule has 0 spiro atoms. The normalized spacial score (nSPS) is 23.7. The fourth-order valence-corrected chi connectivity index (χ4v) is 1.05. The van der Waals surface area contributed by atoms with E-state index in [4.69, 9.17) is 0 Å². The van der Waals surface area contributed by atoms with Crippen molar-refractivity contribution >= 4 is 0 Å². The van der Waals surface area contributed by atoms with Gasteiger partial charge in [0.1, 0.15) is 0 Å². The van der Waals surface area contributed by atoms with Crippen LogP contribution in [0, 0.1) is 20.2 Å². The summed E-state index contributed by atoms with van der Waals surface area (Å²) in [4.78, 5) is 19.9. The highest BCUT2D eigenvalue weighted by Gasteiger charge is 2.38. The van der Waals surface area contributed by atoms with E-state index in [1.807, 2.05) is 0 Å². The number of piperazine rings is 1. The minimum atomic E-state index is -1.24. The Kier molecular flexibility index (Phi) is 2.38. The van der Waals surface area contributed by atoms with Crippen molar-refractivity contribution in [1.29, 1.82) is 0 Å². The molecule has 1 saturated heterocycles. The van der Waals surface area contributed by atoms with E-state index >= 15 is 0 Å². The monoisotopic (exact) mass is 176 g/mol. The molecule has 1 fully saturated rings. The van der Waals surface area contributed by atoms with E-state index < -0.39 is 16.1 Å². The first-order valence-corrected chi connectivity index (χ1v) is 3.38. The summed E-state index contributed by atoms with van der Waals surface area (Å²) < 4.78 is 0. The van der Waals surface area contributed by atoms with Crippen LogP contribution in [0.1, 0.15) is 0 Å². The minimum Gasteiger partial charge on any atom is -0.307 e. The van der Waals surface area contributed by atoms with Crippen LogP contribution in [0.5, 0.6) is 0 Å². The van der Waals surface area contributed by atoms with E-state index in [0.717, 1.165) is 0 Å². The fourth-order valence-electron chi connectivity index (χ4n) is 1.05. The third-order valence-electron chi connectivity index (χ3n) is 1.64. The summed E-state index contributed by atoms with van der Waals surface area (Å²) in [5.41, 5.74) is 0. The zero-order valence-electron chi connectivity index (χ0n) is 6.17. The number of nitro groups is 2. The zero-order valence-corrected chi connectivity index (χ0v) is 6.17. The van der Waals surface area contributed by atoms with E-state index in [2.05, 4.69) is 5.32 Å². The Morgan fingerprint density at radius 3 is 2.50 bits per heavy atom. The van der Waals surface area contributed by atoms with Crippen molar-refractivity contribution in [3.05, 3.63) is 20.2 Å². The Bertz CT molecular complexity index is 185. The molecule has 1 aliphatic heterocycles. The van der Waals surface area contributed by atoms with Gasteiger partial charge in [-0.2, -0.15) is 0 Å². The average molecular weight is 176 g/mol. The summed E-state index contributed by atoms with van der Waals surface area (Å²) in [7, 11) is 0. The third kappa shape index (κ3) is 1.59. The van der Waals surface area contributed by atoms with Crippen LogP contribution < -0.4 is 5.32 Å². The van der Waals surface area contributed by atoms with Gasteiger partial charge in [0.25, 0.3) is 0 Å². The molecule has 68 valence electrons. The molecule has 1 atom stereocenters. The summed E-state index contributed by atoms with van der Waals surface area (Å²) in [6, 6.07) is 0. The number of nitrogens with zero attached hydrogens (tertiary/aromatic N) is 3. The van der Waals surface area contributed by atoms with E-state index in [1.54, 1.807) is 0 Å². The standard InChI is InChI=1S/C4H8N4O4/c9-7(10)4-3-5-1-2-6(4)8(11)12/h4-5H,1-3H2. The second-order valence-corrected chi connectivity index (χ2v) is 2.37. The maximum Gasteiger partial charge on any atom is 0.348 e. The second kappa shape index (κ2) is 3.30. The van der Waals surface area contributed by atoms with Gasteiger partial charge in [-0.05, 0) is 0 Å². The van der Waals surface area contributed by atoms with Crippen LogP contribution in [0.25, 0.3) is 0 Å². The highest BCUT2D eigenvalue weighted by atomic mass is 16.7. The van der Waals surface area contributed by atoms with Crippen LogP contribution in [-0.4, -0.2) is 40.8 Å². The van der Waals surface area contributed by atoms with Crippen LogP contribution in [0.2, 0.25) is 0 Å². The van der Waals surface area contributed by atoms with Gasteiger partial charge in [0, 0.05) is 6.54 Å². The van der Waals surface area contributed by atoms with Gasteiger partial charge in [0.05, 0.1) is 18.0 Å². The summed E-state index contributed by atoms with van der Waals surface area (Å²) in [5, 5.41) is 23.2. The lowest BCUT2D eigenvalue weighted by molar-refractivity contribution is -0.732. The molecule has 1 N–H and O–H groups in total. The molecule has 0 aromatic rings. The zero-order chi connectivity index (χ0) is 9.14. The van der Waals surface area contributed by atoms with Gasteiger partial charge >= 0.3 is 6.17 Å². The lowest BCUT2D eigenvalue weighted by Crippen LogP contribution is -2.56. The number of nitrogens with one attached hydrogen (secondary N) is 1. The predicted octanol–water partition coefficient (Wildman–Crippen LogP) is -1.31. The van der Waals surface area contributed by atoms with Crippen molar-refractivity contribution in [3.63, 3.8) is 0 Å². The minimum absolute atomic E-state index is 0.0218. The van der Waals surface area contributed by atoms with Crippen molar-refractivity contribution in [3.8, 4) is 0 Å². The molecule has 0 aromatic carbocycles. The van der Waals surface area contributed by atoms with Gasteiger partial charge in [-0.15, -0.1) is 0 Å². The van der Waals surface area contributed by atoms with E-state index in [-0.39, 0.29) is 13.1 Å². The molecule has 0 bridgehead atoms. The maximum atomic E-state index is 10.3. The molecule has 0 saturated carbocycles. The second-order valence-electron chi connectivity index (χ2n) is 2.37. The molecule has 0 radical (unpaired) electrons. The Morgan fingerprint density at radius 2 is 2.08 bits per heavy atom. The molecule has 0 amide bonds. The van der Waals surface area contributed by atoms with Crippen LogP contribution in [0.4, 0.5) is 0 Å². The summed E-state index contributed by atoms with van der Waals surface area (Å²) in [6.45, 7) is 0.498. The lowest BCUT2D eigenvalue weighted by Gasteiger charge is -2.22.